The molecule has 0 saturated carbocycles. The van der Waals surface area contributed by atoms with Crippen LogP contribution in [0.25, 0.3) is 0 Å². The van der Waals surface area contributed by atoms with Crippen LogP contribution in [-0.2, 0) is 16.1 Å². The third-order valence-electron chi connectivity index (χ3n) is 3.65. The molecule has 0 aliphatic heterocycles. The van der Waals surface area contributed by atoms with E-state index in [1.54, 1.807) is 24.3 Å². The Balaban J connectivity index is 1.87. The lowest BCUT2D eigenvalue weighted by Crippen LogP contribution is -2.08. The molecule has 5 heteroatoms. The van der Waals surface area contributed by atoms with Crippen molar-refractivity contribution >= 4 is 27.9 Å². The molecule has 0 aliphatic rings. The van der Waals surface area contributed by atoms with E-state index in [1.165, 1.54) is 0 Å². The van der Waals surface area contributed by atoms with E-state index in [4.69, 9.17) is 9.47 Å². The normalized spacial score (nSPS) is 10.3. The number of hydrogen-bond donors (Lipinski definition) is 0. The van der Waals surface area contributed by atoms with E-state index >= 15 is 0 Å². The molecule has 0 radical (unpaired) electrons. The van der Waals surface area contributed by atoms with Crippen molar-refractivity contribution in [2.75, 3.05) is 6.61 Å². The molecule has 0 heterocycles. The monoisotopic (exact) mass is 404 g/mol. The first-order valence-corrected chi connectivity index (χ1v) is 9.09. The zero-order valence-electron chi connectivity index (χ0n) is 14.2. The van der Waals surface area contributed by atoms with Gasteiger partial charge in [-0.3, -0.25) is 0 Å². The van der Waals surface area contributed by atoms with Gasteiger partial charge in [0, 0.05) is 10.0 Å². The molecule has 0 atom stereocenters. The summed E-state index contributed by atoms with van der Waals surface area (Å²) in [6.45, 7) is 2.69. The van der Waals surface area contributed by atoms with Gasteiger partial charge in [0.25, 0.3) is 0 Å². The van der Waals surface area contributed by atoms with Crippen LogP contribution in [0.1, 0.15) is 52.5 Å². The van der Waals surface area contributed by atoms with Gasteiger partial charge in [-0.05, 0) is 36.8 Å². The Morgan fingerprint density at radius 2 is 1.48 bits per heavy atom. The van der Waals surface area contributed by atoms with Crippen molar-refractivity contribution in [3.05, 3.63) is 69.7 Å². The van der Waals surface area contributed by atoms with Crippen LogP contribution < -0.4 is 0 Å². The molecule has 0 aliphatic carbocycles. The second-order valence-corrected chi connectivity index (χ2v) is 6.44. The summed E-state index contributed by atoms with van der Waals surface area (Å²) in [4.78, 5) is 24.0. The van der Waals surface area contributed by atoms with E-state index in [0.717, 1.165) is 29.3 Å². The van der Waals surface area contributed by atoms with Crippen LogP contribution in [0.4, 0.5) is 0 Å². The highest BCUT2D eigenvalue weighted by Crippen LogP contribution is 2.17. The second-order valence-electron chi connectivity index (χ2n) is 5.59. The van der Waals surface area contributed by atoms with Crippen LogP contribution >= 0.6 is 15.9 Å². The minimum absolute atomic E-state index is 0.182. The fourth-order valence-electron chi connectivity index (χ4n) is 2.18. The zero-order chi connectivity index (χ0) is 18.1. The van der Waals surface area contributed by atoms with Gasteiger partial charge in [0.15, 0.2) is 0 Å². The summed E-state index contributed by atoms with van der Waals surface area (Å²) >= 11 is 3.42. The summed E-state index contributed by atoms with van der Waals surface area (Å²) in [5.41, 5.74) is 1.72. The lowest BCUT2D eigenvalue weighted by Gasteiger charge is -2.07. The largest absolute Gasteiger partial charge is 0.462 e. The maximum atomic E-state index is 12.1. The third kappa shape index (κ3) is 6.02. The molecule has 0 aromatic heterocycles. The molecule has 0 N–H and O–H groups in total. The van der Waals surface area contributed by atoms with Crippen LogP contribution in [0.15, 0.2) is 53.0 Å². The fourth-order valence-corrected chi connectivity index (χ4v) is 2.58. The first-order chi connectivity index (χ1) is 12.1. The van der Waals surface area contributed by atoms with Crippen LogP contribution in [0.3, 0.4) is 0 Å². The topological polar surface area (TPSA) is 52.6 Å². The van der Waals surface area contributed by atoms with Crippen molar-refractivity contribution in [2.45, 2.75) is 32.8 Å². The molecule has 0 amide bonds. The molecule has 4 nitrogen and oxygen atoms in total. The fraction of sp³-hybridized carbons (Fsp3) is 0.300. The molecule has 132 valence electrons. The number of halogens is 1. The Morgan fingerprint density at radius 1 is 0.880 bits per heavy atom. The smallest absolute Gasteiger partial charge is 0.338 e. The quantitative estimate of drug-likeness (QED) is 0.450. The SMILES string of the molecule is CCCCCOC(=O)c1ccc(C(=O)OCc2ccccc2Br)cc1. The van der Waals surface area contributed by atoms with Crippen LogP contribution in [-0.4, -0.2) is 18.5 Å². The van der Waals surface area contributed by atoms with E-state index in [1.807, 2.05) is 24.3 Å². The molecule has 25 heavy (non-hydrogen) atoms. The molecule has 0 unspecified atom stereocenters. The summed E-state index contributed by atoms with van der Waals surface area (Å²) in [6.07, 6.45) is 2.98. The molecule has 0 bridgehead atoms. The van der Waals surface area contributed by atoms with Crippen LogP contribution in [0.5, 0.6) is 0 Å². The number of ether oxygens (including phenoxy) is 2. The summed E-state index contributed by atoms with van der Waals surface area (Å²) in [6, 6.07) is 13.9. The maximum absolute atomic E-state index is 12.1. The van der Waals surface area contributed by atoms with Gasteiger partial charge >= 0.3 is 11.9 Å². The minimum atomic E-state index is -0.432. The van der Waals surface area contributed by atoms with Gasteiger partial charge in [0.1, 0.15) is 6.61 Å². The summed E-state index contributed by atoms with van der Waals surface area (Å²) in [5.74, 6) is -0.803. The minimum Gasteiger partial charge on any atom is -0.462 e. The lowest BCUT2D eigenvalue weighted by molar-refractivity contribution is 0.0465. The van der Waals surface area contributed by atoms with E-state index in [2.05, 4.69) is 22.9 Å². The Labute approximate surface area is 156 Å². The van der Waals surface area contributed by atoms with Crippen LogP contribution in [0.2, 0.25) is 0 Å². The molecule has 2 rings (SSSR count). The van der Waals surface area contributed by atoms with Gasteiger partial charge in [-0.2, -0.15) is 0 Å². The summed E-state index contributed by atoms with van der Waals surface area (Å²) in [5, 5.41) is 0. The van der Waals surface area contributed by atoms with Crippen molar-refractivity contribution in [3.63, 3.8) is 0 Å². The number of hydrogen-bond acceptors (Lipinski definition) is 4. The average Bonchev–Trinajstić information content (AvgIpc) is 2.64. The first-order valence-electron chi connectivity index (χ1n) is 8.29. The molecule has 0 fully saturated rings. The Bertz CT molecular complexity index is 710. The van der Waals surface area contributed by atoms with Gasteiger partial charge in [0.2, 0.25) is 0 Å². The predicted octanol–water partition coefficient (Wildman–Crippen LogP) is 5.15. The van der Waals surface area contributed by atoms with Crippen LogP contribution in [0, 0.1) is 0 Å². The summed E-state index contributed by atoms with van der Waals surface area (Å²) in [7, 11) is 0. The van der Waals surface area contributed by atoms with E-state index in [-0.39, 0.29) is 12.6 Å². The third-order valence-corrected chi connectivity index (χ3v) is 4.43. The standard InChI is InChI=1S/C20H21BrO4/c1-2-3-6-13-24-19(22)15-9-11-16(12-10-15)20(23)25-14-17-7-4-5-8-18(17)21/h4-5,7-12H,2-3,6,13-14H2,1H3. The number of carbonyl (C=O) groups excluding carboxylic acids is 2. The van der Waals surface area contributed by atoms with E-state index in [9.17, 15) is 9.59 Å². The molecule has 0 spiro atoms. The molecular formula is C20H21BrO4. The molecule has 2 aromatic rings. The zero-order valence-corrected chi connectivity index (χ0v) is 15.8. The highest BCUT2D eigenvalue weighted by Gasteiger charge is 2.11. The van der Waals surface area contributed by atoms with Crippen molar-refractivity contribution in [3.8, 4) is 0 Å². The summed E-state index contributed by atoms with van der Waals surface area (Å²) < 4.78 is 11.4. The second kappa shape index (κ2) is 9.99. The van der Waals surface area contributed by atoms with E-state index < -0.39 is 5.97 Å². The van der Waals surface area contributed by atoms with Gasteiger partial charge in [-0.25, -0.2) is 9.59 Å². The highest BCUT2D eigenvalue weighted by molar-refractivity contribution is 9.10. The number of rotatable bonds is 8. The molecule has 0 saturated heterocycles. The highest BCUT2D eigenvalue weighted by atomic mass is 79.9. The van der Waals surface area contributed by atoms with Crippen molar-refractivity contribution < 1.29 is 19.1 Å². The van der Waals surface area contributed by atoms with Gasteiger partial charge in [0.05, 0.1) is 17.7 Å². The number of carbonyl (C=O) groups is 2. The molecular weight excluding hydrogens is 384 g/mol. The maximum Gasteiger partial charge on any atom is 0.338 e. The van der Waals surface area contributed by atoms with Crippen molar-refractivity contribution in [1.29, 1.82) is 0 Å². The average molecular weight is 405 g/mol. The lowest BCUT2D eigenvalue weighted by atomic mass is 10.1. The Kier molecular flexibility index (Phi) is 7.67. The van der Waals surface area contributed by atoms with Gasteiger partial charge < -0.3 is 9.47 Å². The Hall–Kier alpha value is -2.14. The predicted molar refractivity (Wildman–Crippen MR) is 99.5 cm³/mol. The van der Waals surface area contributed by atoms with Crippen molar-refractivity contribution in [1.82, 2.24) is 0 Å². The number of esters is 2. The Morgan fingerprint density at radius 3 is 2.08 bits per heavy atom. The van der Waals surface area contributed by atoms with E-state index in [0.29, 0.717) is 17.7 Å². The number of unbranched alkanes of at least 4 members (excludes halogenated alkanes) is 2. The first kappa shape index (κ1) is 19.2. The molecule has 2 aromatic carbocycles. The van der Waals surface area contributed by atoms with Gasteiger partial charge in [-0.15, -0.1) is 0 Å². The van der Waals surface area contributed by atoms with Crippen molar-refractivity contribution in [2.24, 2.45) is 0 Å². The van der Waals surface area contributed by atoms with Gasteiger partial charge in [-0.1, -0.05) is 53.9 Å². The number of benzene rings is 2.